The molecule has 0 amide bonds. The van der Waals surface area contributed by atoms with Crippen LogP contribution >= 0.6 is 11.6 Å². The summed E-state index contributed by atoms with van der Waals surface area (Å²) in [6.45, 7) is 7.00. The molecular weight excluding hydrogens is 236 g/mol. The lowest BCUT2D eigenvalue weighted by atomic mass is 10.2. The Bertz CT molecular complexity index is 253. The molecule has 92 valence electrons. The number of alkyl halides is 1. The predicted octanol–water partition coefficient (Wildman–Crippen LogP) is 1.57. The lowest BCUT2D eigenvalue weighted by molar-refractivity contribution is 0.434. The Kier molecular flexibility index (Phi) is 7.52. The highest BCUT2D eigenvalue weighted by Crippen LogP contribution is 2.05. The average molecular weight is 257 g/mol. The number of hydrogen-bond donors (Lipinski definition) is 1. The molecule has 1 unspecified atom stereocenters. The van der Waals surface area contributed by atoms with Crippen LogP contribution in [-0.4, -0.2) is 37.7 Å². The van der Waals surface area contributed by atoms with Crippen molar-refractivity contribution >= 4 is 21.8 Å². The second-order valence-electron chi connectivity index (χ2n) is 3.28. The van der Waals surface area contributed by atoms with Crippen molar-refractivity contribution in [3.05, 3.63) is 0 Å². The molecule has 0 spiro atoms. The third-order valence-corrected chi connectivity index (χ3v) is 4.52. The lowest BCUT2D eigenvalue weighted by Crippen LogP contribution is -2.41. The first-order valence-corrected chi connectivity index (χ1v) is 7.24. The first kappa shape index (κ1) is 15.2. The van der Waals surface area contributed by atoms with Crippen LogP contribution < -0.4 is 4.72 Å². The number of rotatable bonds is 8. The maximum atomic E-state index is 11.6. The van der Waals surface area contributed by atoms with E-state index in [2.05, 4.69) is 4.72 Å². The van der Waals surface area contributed by atoms with Gasteiger partial charge in [0.1, 0.15) is 0 Å². The Labute approximate surface area is 98.2 Å². The molecule has 0 aromatic heterocycles. The zero-order valence-corrected chi connectivity index (χ0v) is 11.2. The molecule has 0 aromatic carbocycles. The summed E-state index contributed by atoms with van der Waals surface area (Å²) in [6, 6.07) is 0. The van der Waals surface area contributed by atoms with E-state index in [0.717, 1.165) is 6.42 Å². The number of hydrogen-bond acceptors (Lipinski definition) is 2. The maximum Gasteiger partial charge on any atom is 0.279 e. The van der Waals surface area contributed by atoms with E-state index in [1.54, 1.807) is 0 Å². The minimum atomic E-state index is -3.30. The summed E-state index contributed by atoms with van der Waals surface area (Å²) in [4.78, 5) is 0. The van der Waals surface area contributed by atoms with Crippen molar-refractivity contribution in [2.75, 3.05) is 19.6 Å². The largest absolute Gasteiger partial charge is 0.279 e. The molecule has 0 saturated carbocycles. The molecule has 4 nitrogen and oxygen atoms in total. The Hall–Kier alpha value is 0.160. The molecule has 15 heavy (non-hydrogen) atoms. The predicted molar refractivity (Wildman–Crippen MR) is 64.4 cm³/mol. The summed E-state index contributed by atoms with van der Waals surface area (Å²) in [5.74, 6) is 0. The third kappa shape index (κ3) is 5.70. The van der Waals surface area contributed by atoms with Crippen LogP contribution in [0.2, 0.25) is 0 Å². The Balaban J connectivity index is 4.04. The highest BCUT2D eigenvalue weighted by molar-refractivity contribution is 7.87. The van der Waals surface area contributed by atoms with Crippen LogP contribution in [0.4, 0.5) is 0 Å². The molecule has 0 aliphatic heterocycles. The van der Waals surface area contributed by atoms with E-state index < -0.39 is 10.2 Å². The van der Waals surface area contributed by atoms with Gasteiger partial charge in [0.2, 0.25) is 0 Å². The van der Waals surface area contributed by atoms with E-state index in [0.29, 0.717) is 26.1 Å². The number of nitrogens with zero attached hydrogens (tertiary/aromatic N) is 1. The second-order valence-corrected chi connectivity index (χ2v) is 5.65. The van der Waals surface area contributed by atoms with Crippen LogP contribution in [0.25, 0.3) is 0 Å². The molecule has 0 bridgehead atoms. The molecule has 0 aromatic rings. The van der Waals surface area contributed by atoms with Crippen LogP contribution in [0.3, 0.4) is 0 Å². The molecule has 0 aliphatic carbocycles. The van der Waals surface area contributed by atoms with Gasteiger partial charge in [-0.1, -0.05) is 20.8 Å². The van der Waals surface area contributed by atoms with Crippen molar-refractivity contribution < 1.29 is 8.42 Å². The molecule has 0 aliphatic rings. The van der Waals surface area contributed by atoms with E-state index in [1.807, 2.05) is 20.8 Å². The molecule has 0 heterocycles. The van der Waals surface area contributed by atoms with Gasteiger partial charge in [0.05, 0.1) is 0 Å². The van der Waals surface area contributed by atoms with E-state index >= 15 is 0 Å². The normalized spacial score (nSPS) is 14.5. The van der Waals surface area contributed by atoms with Gasteiger partial charge < -0.3 is 0 Å². The van der Waals surface area contributed by atoms with Crippen LogP contribution in [0, 0.1) is 0 Å². The molecular formula is C9H21ClN2O2S. The van der Waals surface area contributed by atoms with Gasteiger partial charge in [-0.3, -0.25) is 0 Å². The molecule has 6 heteroatoms. The molecule has 1 atom stereocenters. The zero-order valence-electron chi connectivity index (χ0n) is 9.66. The fourth-order valence-electron chi connectivity index (χ4n) is 1.20. The molecule has 1 N–H and O–H groups in total. The fraction of sp³-hybridized carbons (Fsp3) is 1.00. The van der Waals surface area contributed by atoms with E-state index in [1.165, 1.54) is 4.31 Å². The monoisotopic (exact) mass is 256 g/mol. The number of halogens is 1. The smallest absolute Gasteiger partial charge is 0.202 e. The Morgan fingerprint density at radius 2 is 1.80 bits per heavy atom. The number of nitrogens with one attached hydrogen (secondary N) is 1. The zero-order chi connectivity index (χ0) is 11.9. The Morgan fingerprint density at radius 1 is 1.27 bits per heavy atom. The lowest BCUT2D eigenvalue weighted by Gasteiger charge is -2.19. The van der Waals surface area contributed by atoms with E-state index in [-0.39, 0.29) is 5.38 Å². The van der Waals surface area contributed by atoms with Crippen LogP contribution in [0.1, 0.15) is 33.6 Å². The summed E-state index contributed by atoms with van der Waals surface area (Å²) in [7, 11) is -3.30. The van der Waals surface area contributed by atoms with Crippen molar-refractivity contribution in [2.45, 2.75) is 39.0 Å². The van der Waals surface area contributed by atoms with Crippen molar-refractivity contribution in [1.29, 1.82) is 0 Å². The minimum Gasteiger partial charge on any atom is -0.202 e. The SMILES string of the molecule is CCC(Cl)CCNS(=O)(=O)N(CC)CC. The standard InChI is InChI=1S/C9H21ClN2O2S/c1-4-9(10)7-8-11-15(13,14)12(5-2)6-3/h9,11H,4-8H2,1-3H3. The van der Waals surface area contributed by atoms with Crippen LogP contribution in [-0.2, 0) is 10.2 Å². The van der Waals surface area contributed by atoms with Gasteiger partial charge in [-0.2, -0.15) is 12.7 Å². The summed E-state index contributed by atoms with van der Waals surface area (Å²) in [5, 5.41) is 0.0457. The summed E-state index contributed by atoms with van der Waals surface area (Å²) < 4.78 is 27.2. The van der Waals surface area contributed by atoms with Gasteiger partial charge in [-0.15, -0.1) is 11.6 Å². The first-order chi connectivity index (χ1) is 6.97. The van der Waals surface area contributed by atoms with Crippen LogP contribution in [0.15, 0.2) is 0 Å². The van der Waals surface area contributed by atoms with Gasteiger partial charge in [0.25, 0.3) is 10.2 Å². The summed E-state index contributed by atoms with van der Waals surface area (Å²) in [5.41, 5.74) is 0. The summed E-state index contributed by atoms with van der Waals surface area (Å²) in [6.07, 6.45) is 1.52. The topological polar surface area (TPSA) is 49.4 Å². The van der Waals surface area contributed by atoms with Gasteiger partial charge in [-0.05, 0) is 12.8 Å². The van der Waals surface area contributed by atoms with Crippen molar-refractivity contribution in [2.24, 2.45) is 0 Å². The fourth-order valence-corrected chi connectivity index (χ4v) is 2.55. The van der Waals surface area contributed by atoms with Gasteiger partial charge in [0, 0.05) is 25.0 Å². The highest BCUT2D eigenvalue weighted by Gasteiger charge is 2.17. The van der Waals surface area contributed by atoms with E-state index in [4.69, 9.17) is 11.6 Å². The minimum absolute atomic E-state index is 0.0457. The van der Waals surface area contributed by atoms with Crippen LogP contribution in [0.5, 0.6) is 0 Å². The Morgan fingerprint density at radius 3 is 2.20 bits per heavy atom. The quantitative estimate of drug-likeness (QED) is 0.671. The highest BCUT2D eigenvalue weighted by atomic mass is 35.5. The van der Waals surface area contributed by atoms with Crippen molar-refractivity contribution in [3.8, 4) is 0 Å². The first-order valence-electron chi connectivity index (χ1n) is 5.36. The molecule has 0 radical (unpaired) electrons. The van der Waals surface area contributed by atoms with E-state index in [9.17, 15) is 8.42 Å². The molecule has 0 fully saturated rings. The maximum absolute atomic E-state index is 11.6. The van der Waals surface area contributed by atoms with Crippen molar-refractivity contribution in [3.63, 3.8) is 0 Å². The van der Waals surface area contributed by atoms with Crippen molar-refractivity contribution in [1.82, 2.24) is 9.03 Å². The average Bonchev–Trinajstić information content (AvgIpc) is 2.18. The second kappa shape index (κ2) is 7.44. The van der Waals surface area contributed by atoms with Gasteiger partial charge in [-0.25, -0.2) is 4.72 Å². The van der Waals surface area contributed by atoms with Gasteiger partial charge >= 0.3 is 0 Å². The summed E-state index contributed by atoms with van der Waals surface area (Å²) >= 11 is 5.89. The van der Waals surface area contributed by atoms with Gasteiger partial charge in [0.15, 0.2) is 0 Å². The molecule has 0 rings (SSSR count). The third-order valence-electron chi connectivity index (χ3n) is 2.23. The molecule has 0 saturated heterocycles.